The lowest BCUT2D eigenvalue weighted by Gasteiger charge is -2.34. The Labute approximate surface area is 135 Å². The van der Waals surface area contributed by atoms with E-state index >= 15 is 0 Å². The lowest BCUT2D eigenvalue weighted by Crippen LogP contribution is -2.45. The molecule has 0 aromatic carbocycles. The van der Waals surface area contributed by atoms with Gasteiger partial charge >= 0.3 is 10.2 Å². The zero-order chi connectivity index (χ0) is 15.8. The fourth-order valence-electron chi connectivity index (χ4n) is 2.71. The summed E-state index contributed by atoms with van der Waals surface area (Å²) in [5.41, 5.74) is 0.925. The molecule has 1 aliphatic heterocycles. The van der Waals surface area contributed by atoms with Gasteiger partial charge in [-0.1, -0.05) is 37.0 Å². The lowest BCUT2D eigenvalue weighted by molar-refractivity contribution is 0.223. The largest absolute Gasteiger partial charge is 0.301 e. The Morgan fingerprint density at radius 2 is 1.86 bits per heavy atom. The van der Waals surface area contributed by atoms with E-state index in [1.165, 1.54) is 4.31 Å². The van der Waals surface area contributed by atoms with Gasteiger partial charge in [-0.05, 0) is 36.8 Å². The molecule has 1 saturated heterocycles. The van der Waals surface area contributed by atoms with Crippen LogP contribution in [-0.2, 0) is 10.2 Å². The molecule has 0 bridgehead atoms. The number of hydrogen-bond donors (Lipinski definition) is 1. The number of aromatic nitrogens is 1. The van der Waals surface area contributed by atoms with Crippen LogP contribution in [0.1, 0.15) is 25.8 Å². The molecule has 0 spiro atoms. The molecule has 5 nitrogen and oxygen atoms in total. The Morgan fingerprint density at radius 3 is 2.38 bits per heavy atom. The number of halogens is 2. The number of piperidine rings is 1. The molecule has 1 fully saturated rings. The fourth-order valence-corrected chi connectivity index (χ4v) is 4.89. The van der Waals surface area contributed by atoms with Gasteiger partial charge in [0, 0.05) is 13.1 Å². The van der Waals surface area contributed by atoms with Crippen molar-refractivity contribution in [2.24, 2.45) is 11.8 Å². The quantitative estimate of drug-likeness (QED) is 0.849. The molecule has 1 aromatic rings. The molecule has 118 valence electrons. The van der Waals surface area contributed by atoms with Crippen LogP contribution in [-0.4, -0.2) is 30.8 Å². The van der Waals surface area contributed by atoms with Crippen LogP contribution in [0.3, 0.4) is 0 Å². The third-order valence-corrected chi connectivity index (χ3v) is 5.45. The predicted octanol–water partition coefficient (Wildman–Crippen LogP) is 3.33. The van der Waals surface area contributed by atoms with Gasteiger partial charge in [0.15, 0.2) is 5.15 Å². The summed E-state index contributed by atoms with van der Waals surface area (Å²) in [5.74, 6) is 0.676. The molecular formula is C13H19Cl2N3O2S. The van der Waals surface area contributed by atoms with Crippen LogP contribution >= 0.6 is 23.2 Å². The molecule has 0 radical (unpaired) electrons. The number of rotatable bonds is 3. The molecule has 2 atom stereocenters. The summed E-state index contributed by atoms with van der Waals surface area (Å²) in [4.78, 5) is 3.88. The Balaban J connectivity index is 2.26. The van der Waals surface area contributed by atoms with Gasteiger partial charge in [0.25, 0.3) is 0 Å². The van der Waals surface area contributed by atoms with Gasteiger partial charge in [-0.15, -0.1) is 0 Å². The van der Waals surface area contributed by atoms with Crippen LogP contribution in [0.4, 0.5) is 5.69 Å². The Morgan fingerprint density at radius 1 is 1.29 bits per heavy atom. The van der Waals surface area contributed by atoms with Gasteiger partial charge in [-0.25, -0.2) is 4.98 Å². The van der Waals surface area contributed by atoms with Crippen molar-refractivity contribution in [3.63, 3.8) is 0 Å². The summed E-state index contributed by atoms with van der Waals surface area (Å²) >= 11 is 11.8. The van der Waals surface area contributed by atoms with Gasteiger partial charge in [0.2, 0.25) is 0 Å². The first kappa shape index (κ1) is 16.8. The van der Waals surface area contributed by atoms with E-state index in [0.717, 1.165) is 6.42 Å². The number of pyridine rings is 1. The van der Waals surface area contributed by atoms with Crippen molar-refractivity contribution in [3.05, 3.63) is 21.9 Å². The van der Waals surface area contributed by atoms with E-state index in [0.29, 0.717) is 30.5 Å². The maximum absolute atomic E-state index is 12.5. The summed E-state index contributed by atoms with van der Waals surface area (Å²) in [5, 5.41) is 0.294. The van der Waals surface area contributed by atoms with Crippen molar-refractivity contribution in [2.75, 3.05) is 17.8 Å². The number of anilines is 1. The number of nitrogens with one attached hydrogen (secondary N) is 1. The first-order valence-electron chi connectivity index (χ1n) is 6.79. The molecule has 8 heteroatoms. The molecule has 1 aromatic heterocycles. The van der Waals surface area contributed by atoms with Crippen molar-refractivity contribution in [1.29, 1.82) is 0 Å². The summed E-state index contributed by atoms with van der Waals surface area (Å²) in [6, 6.07) is 1.58. The highest BCUT2D eigenvalue weighted by molar-refractivity contribution is 7.90. The average Bonchev–Trinajstić information content (AvgIpc) is 2.32. The van der Waals surface area contributed by atoms with Gasteiger partial charge in [0.1, 0.15) is 5.15 Å². The predicted molar refractivity (Wildman–Crippen MR) is 86.1 cm³/mol. The number of hydrogen-bond acceptors (Lipinski definition) is 3. The highest BCUT2D eigenvalue weighted by Crippen LogP contribution is 2.29. The monoisotopic (exact) mass is 351 g/mol. The Hall–Kier alpha value is -0.560. The first-order chi connectivity index (χ1) is 9.69. The molecule has 1 aliphatic rings. The van der Waals surface area contributed by atoms with Crippen LogP contribution in [0.25, 0.3) is 0 Å². The van der Waals surface area contributed by atoms with Crippen molar-refractivity contribution < 1.29 is 8.42 Å². The normalized spacial score (nSPS) is 24.0. The van der Waals surface area contributed by atoms with Crippen molar-refractivity contribution in [1.82, 2.24) is 9.29 Å². The van der Waals surface area contributed by atoms with E-state index in [2.05, 4.69) is 23.6 Å². The van der Waals surface area contributed by atoms with E-state index in [-0.39, 0.29) is 16.0 Å². The maximum atomic E-state index is 12.5. The van der Waals surface area contributed by atoms with Crippen LogP contribution in [0.5, 0.6) is 0 Å². The molecular weight excluding hydrogens is 333 g/mol. The molecule has 0 aliphatic carbocycles. The van der Waals surface area contributed by atoms with Gasteiger partial charge in [-0.3, -0.25) is 4.72 Å². The van der Waals surface area contributed by atoms with E-state index in [1.54, 1.807) is 13.0 Å². The van der Waals surface area contributed by atoms with Gasteiger partial charge in [0.05, 0.1) is 5.69 Å². The second-order valence-electron chi connectivity index (χ2n) is 5.80. The van der Waals surface area contributed by atoms with E-state index < -0.39 is 10.2 Å². The number of aryl methyl sites for hydroxylation is 1. The minimum absolute atomic E-state index is 0.0571. The molecule has 0 saturated carbocycles. The fraction of sp³-hybridized carbons (Fsp3) is 0.615. The highest BCUT2D eigenvalue weighted by atomic mass is 35.5. The van der Waals surface area contributed by atoms with Crippen molar-refractivity contribution in [3.8, 4) is 0 Å². The average molecular weight is 352 g/mol. The van der Waals surface area contributed by atoms with E-state index in [9.17, 15) is 8.42 Å². The minimum atomic E-state index is -3.64. The number of nitrogens with zero attached hydrogens (tertiary/aromatic N) is 2. The second kappa shape index (κ2) is 6.28. The summed E-state index contributed by atoms with van der Waals surface area (Å²) in [6.07, 6.45) is 1.04. The zero-order valence-corrected chi connectivity index (χ0v) is 14.6. The minimum Gasteiger partial charge on any atom is -0.268 e. The third kappa shape index (κ3) is 4.00. The lowest BCUT2D eigenvalue weighted by atomic mass is 9.94. The molecule has 21 heavy (non-hydrogen) atoms. The Kier molecular flexibility index (Phi) is 5.03. The standard InChI is InChI=1S/C13H19Cl2N3O2S/c1-8-4-9(2)7-18(6-8)21(19,20)17-12-10(3)5-11(14)16-13(12)15/h5,8-9,17H,4,6-7H2,1-3H3. The topological polar surface area (TPSA) is 62.3 Å². The zero-order valence-electron chi connectivity index (χ0n) is 12.2. The highest BCUT2D eigenvalue weighted by Gasteiger charge is 2.31. The molecule has 2 rings (SSSR count). The van der Waals surface area contributed by atoms with Gasteiger partial charge in [-0.2, -0.15) is 12.7 Å². The van der Waals surface area contributed by atoms with Gasteiger partial charge < -0.3 is 0 Å². The van der Waals surface area contributed by atoms with Crippen LogP contribution in [0.15, 0.2) is 6.07 Å². The maximum Gasteiger partial charge on any atom is 0.301 e. The van der Waals surface area contributed by atoms with Crippen molar-refractivity contribution in [2.45, 2.75) is 27.2 Å². The smallest absolute Gasteiger partial charge is 0.268 e. The summed E-state index contributed by atoms with van der Waals surface area (Å²) in [7, 11) is -3.64. The van der Waals surface area contributed by atoms with E-state index in [1.807, 2.05) is 0 Å². The van der Waals surface area contributed by atoms with Crippen LogP contribution in [0.2, 0.25) is 10.3 Å². The first-order valence-corrected chi connectivity index (χ1v) is 8.99. The Bertz CT molecular complexity index is 603. The molecule has 2 heterocycles. The van der Waals surface area contributed by atoms with Crippen molar-refractivity contribution >= 4 is 39.1 Å². The summed E-state index contributed by atoms with van der Waals surface area (Å²) in [6.45, 7) is 6.87. The molecule has 2 unspecified atom stereocenters. The SMILES string of the molecule is Cc1cc(Cl)nc(Cl)c1NS(=O)(=O)N1CC(C)CC(C)C1. The summed E-state index contributed by atoms with van der Waals surface area (Å²) < 4.78 is 29.1. The molecule has 1 N–H and O–H groups in total. The van der Waals surface area contributed by atoms with E-state index in [4.69, 9.17) is 23.2 Å². The second-order valence-corrected chi connectivity index (χ2v) is 8.21. The molecule has 0 amide bonds. The third-order valence-electron chi connectivity index (χ3n) is 3.55. The van der Waals surface area contributed by atoms with Crippen LogP contribution in [0, 0.1) is 18.8 Å². The van der Waals surface area contributed by atoms with Crippen LogP contribution < -0.4 is 4.72 Å².